The lowest BCUT2D eigenvalue weighted by Crippen LogP contribution is -2.40. The summed E-state index contributed by atoms with van der Waals surface area (Å²) in [4.78, 5) is 40.4. The van der Waals surface area contributed by atoms with Crippen LogP contribution >= 0.6 is 23.1 Å². The molecule has 0 aliphatic carbocycles. The molecule has 0 saturated heterocycles. The summed E-state index contributed by atoms with van der Waals surface area (Å²) in [6, 6.07) is 11.9. The third kappa shape index (κ3) is 5.20. The van der Waals surface area contributed by atoms with Crippen molar-refractivity contribution >= 4 is 35.1 Å². The van der Waals surface area contributed by atoms with E-state index in [4.69, 9.17) is 13.9 Å². The van der Waals surface area contributed by atoms with Crippen LogP contribution in [-0.2, 0) is 9.53 Å². The third-order valence-electron chi connectivity index (χ3n) is 5.63. The standard InChI is InChI=1S/C27H24N4O5S2/c1-15(2)35-25(33)22-16(3)30-27-31(23(22)17-6-8-18(34-4)9-7-17)24(32)20(37-27)14-19-10-11-21(36-19)38-26-28-12-5-13-29-26/h5-15,23H,1-4H3/b20-14+/t23-/m1/s1. The highest BCUT2D eigenvalue weighted by Gasteiger charge is 2.33. The highest BCUT2D eigenvalue weighted by Crippen LogP contribution is 2.32. The molecule has 0 amide bonds. The second kappa shape index (κ2) is 10.8. The van der Waals surface area contributed by atoms with E-state index in [1.54, 1.807) is 81.2 Å². The molecule has 0 bridgehead atoms. The van der Waals surface area contributed by atoms with Gasteiger partial charge in [0.25, 0.3) is 5.56 Å². The van der Waals surface area contributed by atoms with Crippen LogP contribution in [0.25, 0.3) is 6.08 Å². The van der Waals surface area contributed by atoms with E-state index in [1.807, 2.05) is 12.1 Å². The molecule has 0 fully saturated rings. The zero-order valence-electron chi connectivity index (χ0n) is 21.1. The lowest BCUT2D eigenvalue weighted by Gasteiger charge is -2.25. The van der Waals surface area contributed by atoms with Gasteiger partial charge >= 0.3 is 5.97 Å². The maximum atomic E-state index is 13.7. The number of thiazole rings is 1. The zero-order valence-corrected chi connectivity index (χ0v) is 22.7. The number of furan rings is 1. The molecule has 0 saturated carbocycles. The van der Waals surface area contributed by atoms with Gasteiger partial charge in [-0.3, -0.25) is 9.36 Å². The minimum absolute atomic E-state index is 0.283. The van der Waals surface area contributed by atoms with Gasteiger partial charge in [0.15, 0.2) is 15.1 Å². The number of carbonyl (C=O) groups excluding carboxylic acids is 1. The number of allylic oxidation sites excluding steroid dienone is 1. The van der Waals surface area contributed by atoms with Gasteiger partial charge in [0.1, 0.15) is 11.5 Å². The number of fused-ring (bicyclic) bond motifs is 1. The van der Waals surface area contributed by atoms with Crippen molar-refractivity contribution < 1.29 is 18.7 Å². The van der Waals surface area contributed by atoms with Crippen LogP contribution in [0, 0.1) is 0 Å². The minimum atomic E-state index is -0.705. The fourth-order valence-corrected chi connectivity index (χ4v) is 5.69. The van der Waals surface area contributed by atoms with Crippen LogP contribution in [0.4, 0.5) is 0 Å². The molecule has 194 valence electrons. The van der Waals surface area contributed by atoms with Crippen LogP contribution in [0.3, 0.4) is 0 Å². The number of hydrogen-bond acceptors (Lipinski definition) is 10. The number of nitrogens with zero attached hydrogens (tertiary/aromatic N) is 4. The smallest absolute Gasteiger partial charge is 0.338 e. The van der Waals surface area contributed by atoms with E-state index >= 15 is 0 Å². The molecule has 0 unspecified atom stereocenters. The number of benzene rings is 1. The van der Waals surface area contributed by atoms with Crippen molar-refractivity contribution in [3.63, 3.8) is 0 Å². The molecule has 3 aromatic heterocycles. The number of carbonyl (C=O) groups is 1. The number of aromatic nitrogens is 3. The molecule has 11 heteroatoms. The molecule has 4 heterocycles. The summed E-state index contributed by atoms with van der Waals surface area (Å²) in [6.45, 7) is 5.32. The zero-order chi connectivity index (χ0) is 26.8. The summed E-state index contributed by atoms with van der Waals surface area (Å²) in [5.74, 6) is 0.664. The van der Waals surface area contributed by atoms with Crippen molar-refractivity contribution in [3.8, 4) is 5.75 Å². The van der Waals surface area contributed by atoms with E-state index in [0.717, 1.165) is 5.56 Å². The van der Waals surface area contributed by atoms with E-state index in [-0.39, 0.29) is 11.7 Å². The third-order valence-corrected chi connectivity index (χ3v) is 7.42. The highest BCUT2D eigenvalue weighted by molar-refractivity contribution is 7.99. The van der Waals surface area contributed by atoms with Gasteiger partial charge in [-0.1, -0.05) is 23.5 Å². The fraction of sp³-hybridized carbons (Fsp3) is 0.222. The van der Waals surface area contributed by atoms with Crippen LogP contribution < -0.4 is 19.6 Å². The molecule has 4 aromatic rings. The maximum Gasteiger partial charge on any atom is 0.338 e. The molecule has 0 spiro atoms. The molecule has 38 heavy (non-hydrogen) atoms. The van der Waals surface area contributed by atoms with E-state index in [9.17, 15) is 9.59 Å². The number of rotatable bonds is 7. The molecule has 5 rings (SSSR count). The van der Waals surface area contributed by atoms with Crippen molar-refractivity contribution in [2.24, 2.45) is 4.99 Å². The van der Waals surface area contributed by atoms with Crippen LogP contribution in [0.5, 0.6) is 5.75 Å². The lowest BCUT2D eigenvalue weighted by atomic mass is 9.96. The summed E-state index contributed by atoms with van der Waals surface area (Å²) >= 11 is 2.52. The van der Waals surface area contributed by atoms with Crippen molar-refractivity contribution in [2.75, 3.05) is 7.11 Å². The number of methoxy groups -OCH3 is 1. The summed E-state index contributed by atoms with van der Waals surface area (Å²) < 4.78 is 18.7. The average molecular weight is 549 g/mol. The first-order valence-electron chi connectivity index (χ1n) is 11.8. The molecule has 1 aliphatic heterocycles. The largest absolute Gasteiger partial charge is 0.497 e. The van der Waals surface area contributed by atoms with Gasteiger partial charge in [0.2, 0.25) is 0 Å². The summed E-state index contributed by atoms with van der Waals surface area (Å²) in [5.41, 5.74) is 1.28. The van der Waals surface area contributed by atoms with E-state index in [1.165, 1.54) is 23.1 Å². The summed E-state index contributed by atoms with van der Waals surface area (Å²) in [6.07, 6.45) is 4.67. The monoisotopic (exact) mass is 548 g/mol. The number of esters is 1. The molecule has 1 aromatic carbocycles. The molecule has 0 radical (unpaired) electrons. The molecular weight excluding hydrogens is 524 g/mol. The van der Waals surface area contributed by atoms with Crippen molar-refractivity contribution in [1.29, 1.82) is 0 Å². The summed E-state index contributed by atoms with van der Waals surface area (Å²) in [5, 5.41) is 1.16. The van der Waals surface area contributed by atoms with Crippen LogP contribution in [0.15, 0.2) is 90.6 Å². The van der Waals surface area contributed by atoms with Gasteiger partial charge in [-0.25, -0.2) is 19.8 Å². The Morgan fingerprint density at radius 1 is 1.16 bits per heavy atom. The fourth-order valence-electron chi connectivity index (χ4n) is 3.99. The van der Waals surface area contributed by atoms with Gasteiger partial charge < -0.3 is 13.9 Å². The van der Waals surface area contributed by atoms with Crippen LogP contribution in [0.1, 0.15) is 38.1 Å². The van der Waals surface area contributed by atoms with Crippen LogP contribution in [-0.4, -0.2) is 33.7 Å². The minimum Gasteiger partial charge on any atom is -0.497 e. The first-order valence-corrected chi connectivity index (χ1v) is 13.4. The Hall–Kier alpha value is -3.96. The van der Waals surface area contributed by atoms with E-state index in [0.29, 0.717) is 42.4 Å². The first kappa shape index (κ1) is 25.7. The van der Waals surface area contributed by atoms with Gasteiger partial charge in [-0.15, -0.1) is 0 Å². The van der Waals surface area contributed by atoms with Crippen LogP contribution in [0.2, 0.25) is 0 Å². The molecule has 9 nitrogen and oxygen atoms in total. The number of ether oxygens (including phenoxy) is 2. The first-order chi connectivity index (χ1) is 18.3. The van der Waals surface area contributed by atoms with Crippen molar-refractivity contribution in [2.45, 2.75) is 43.2 Å². The SMILES string of the molecule is COc1ccc([C@@H]2C(C(=O)OC(C)C)=C(C)N=c3s/c(=C/c4ccc(Sc5ncccn5)o4)c(=O)n32)cc1. The Bertz CT molecular complexity index is 1690. The second-order valence-corrected chi connectivity index (χ2v) is 10.6. The molecule has 1 aliphatic rings. The number of hydrogen-bond donors (Lipinski definition) is 0. The molecular formula is C27H24N4O5S2. The topological polar surface area (TPSA) is 109 Å². The average Bonchev–Trinajstić information content (AvgIpc) is 3.46. The maximum absolute atomic E-state index is 13.7. The van der Waals surface area contributed by atoms with Crippen molar-refractivity contribution in [1.82, 2.24) is 14.5 Å². The molecule has 0 N–H and O–H groups in total. The second-order valence-electron chi connectivity index (χ2n) is 8.60. The Kier molecular flexibility index (Phi) is 7.30. The van der Waals surface area contributed by atoms with E-state index in [2.05, 4.69) is 15.0 Å². The van der Waals surface area contributed by atoms with Gasteiger partial charge in [0.05, 0.1) is 35.1 Å². The lowest BCUT2D eigenvalue weighted by molar-refractivity contribution is -0.143. The van der Waals surface area contributed by atoms with Gasteiger partial charge in [-0.2, -0.15) is 0 Å². The predicted molar refractivity (Wildman–Crippen MR) is 143 cm³/mol. The predicted octanol–water partition coefficient (Wildman–Crippen LogP) is 3.73. The normalized spacial score (nSPS) is 15.4. The Morgan fingerprint density at radius 2 is 1.89 bits per heavy atom. The quantitative estimate of drug-likeness (QED) is 0.254. The van der Waals surface area contributed by atoms with Gasteiger partial charge in [-0.05, 0) is 68.4 Å². The van der Waals surface area contributed by atoms with E-state index < -0.39 is 12.0 Å². The Morgan fingerprint density at radius 3 is 2.58 bits per heavy atom. The summed E-state index contributed by atoms with van der Waals surface area (Å²) in [7, 11) is 1.58. The van der Waals surface area contributed by atoms with Crippen molar-refractivity contribution in [3.05, 3.63) is 97.1 Å². The Labute approximate surface area is 226 Å². The molecule has 1 atom stereocenters. The Balaban J connectivity index is 1.58. The van der Waals surface area contributed by atoms with Gasteiger partial charge in [0, 0.05) is 18.5 Å². The highest BCUT2D eigenvalue weighted by atomic mass is 32.2.